The molecule has 0 saturated carbocycles. The summed E-state index contributed by atoms with van der Waals surface area (Å²) >= 11 is 1.84. The Bertz CT molecular complexity index is 1290. The van der Waals surface area contributed by atoms with E-state index in [9.17, 15) is 28.5 Å². The lowest BCUT2D eigenvalue weighted by Crippen LogP contribution is -2.74. The maximum absolute atomic E-state index is 13.0. The van der Waals surface area contributed by atoms with Gasteiger partial charge in [-0.2, -0.15) is 0 Å². The van der Waals surface area contributed by atoms with Crippen molar-refractivity contribution in [2.24, 2.45) is 5.16 Å². The van der Waals surface area contributed by atoms with E-state index in [0.29, 0.717) is 0 Å². The number of β-lactam (4-membered cyclic amide) rings is 1. The van der Waals surface area contributed by atoms with Gasteiger partial charge >= 0.3 is 5.97 Å². The van der Waals surface area contributed by atoms with Crippen molar-refractivity contribution in [2.75, 3.05) is 24.3 Å². The van der Waals surface area contributed by atoms with E-state index in [1.165, 1.54) is 30.9 Å². The number of carbonyl (C=O) groups excluding carboxylic acids is 3. The third kappa shape index (κ3) is 4.71. The minimum atomic E-state index is -1.76. The number of nitrogens with zero attached hydrogens (tertiary/aromatic N) is 3. The molecule has 0 bridgehead atoms. The predicted octanol–water partition coefficient (Wildman–Crippen LogP) is -0.00350. The highest BCUT2D eigenvalue weighted by atomic mass is 32.2. The fraction of sp³-hybridized carbons (Fsp3) is 0.263. The Balaban J connectivity index is 1.52. The summed E-state index contributed by atoms with van der Waals surface area (Å²) in [4.78, 5) is 59.4. The number of thiazole rings is 1. The summed E-state index contributed by atoms with van der Waals surface area (Å²) in [5.74, 6) is -3.22. The molecule has 0 radical (unpaired) electrons. The number of amides is 2. The van der Waals surface area contributed by atoms with Gasteiger partial charge in [0.15, 0.2) is 16.6 Å². The first kappa shape index (κ1) is 24.6. The van der Waals surface area contributed by atoms with Crippen LogP contribution in [-0.2, 0) is 30.0 Å². The summed E-state index contributed by atoms with van der Waals surface area (Å²) in [7, 11) is -0.537. The van der Waals surface area contributed by atoms with Gasteiger partial charge in [-0.25, -0.2) is 9.78 Å². The number of oxime groups is 1. The highest BCUT2D eigenvalue weighted by Crippen LogP contribution is 2.36. The molecule has 1 unspecified atom stereocenters. The van der Waals surface area contributed by atoms with Gasteiger partial charge in [0.05, 0.1) is 22.8 Å². The number of hydrogen-bond donors (Lipinski definition) is 3. The zero-order chi connectivity index (χ0) is 25.3. The highest BCUT2D eigenvalue weighted by molar-refractivity contribution is 8.14. The number of hydrogen-bond acceptors (Lipinski definition) is 12. The van der Waals surface area contributed by atoms with Crippen LogP contribution in [0.2, 0.25) is 0 Å². The van der Waals surface area contributed by atoms with Crippen LogP contribution < -0.4 is 11.1 Å². The van der Waals surface area contributed by atoms with Gasteiger partial charge < -0.3 is 25.4 Å². The van der Waals surface area contributed by atoms with Crippen molar-refractivity contribution in [3.8, 4) is 0 Å². The van der Waals surface area contributed by atoms with Gasteiger partial charge in [-0.15, -0.1) is 11.3 Å². The maximum atomic E-state index is 13.0. The predicted molar refractivity (Wildman–Crippen MR) is 126 cm³/mol. The summed E-state index contributed by atoms with van der Waals surface area (Å²) in [6.07, 6.45) is 1.33. The number of anilines is 1. The number of thioether (sulfide) groups is 1. The standard InChI is InChI=1S/C19H17N5O8S3/c1-31-23-11(9-6-34-19(20)21-9)14(25)22-12-15(26)24-13(17(27)28)8(7-35(30)16(12)24)5-33-18(29)10-3-2-4-32-10/h2-4,6,12,16H,5,7H2,1H3,(H2,20,21)(H,22,25)(H,27,28)/b23-11-/t12-,16-,35?/m1/s1. The molecule has 2 amide bonds. The number of rotatable bonds is 8. The van der Waals surface area contributed by atoms with Crippen LogP contribution in [0.25, 0.3) is 0 Å². The van der Waals surface area contributed by atoms with Crippen LogP contribution in [0.4, 0.5) is 5.13 Å². The van der Waals surface area contributed by atoms with Crippen molar-refractivity contribution >= 4 is 67.6 Å². The lowest BCUT2D eigenvalue weighted by Gasteiger charge is -2.49. The van der Waals surface area contributed by atoms with Crippen LogP contribution in [0, 0.1) is 0 Å². The molecule has 1 saturated heterocycles. The second-order valence-electron chi connectivity index (χ2n) is 7.08. The van der Waals surface area contributed by atoms with Crippen LogP contribution >= 0.6 is 23.1 Å². The largest absolute Gasteiger partial charge is 0.477 e. The van der Waals surface area contributed by atoms with E-state index in [1.54, 1.807) is 0 Å². The second-order valence-corrected chi connectivity index (χ2v) is 10.5. The second kappa shape index (κ2) is 10.0. The molecular weight excluding hydrogens is 522 g/mol. The van der Waals surface area contributed by atoms with Gasteiger partial charge in [-0.05, 0) is 17.7 Å². The quantitative estimate of drug-likeness (QED) is 0.232. The number of nitrogen functional groups attached to an aromatic ring is 1. The van der Waals surface area contributed by atoms with Crippen LogP contribution in [-0.4, -0.2) is 77.8 Å². The van der Waals surface area contributed by atoms with E-state index in [0.717, 1.165) is 28.0 Å². The molecule has 13 nitrogen and oxygen atoms in total. The molecule has 4 rings (SSSR count). The first-order valence-electron chi connectivity index (χ1n) is 9.72. The number of carboxylic acids is 1. The first-order chi connectivity index (χ1) is 16.7. The molecule has 0 aromatic carbocycles. The average Bonchev–Trinajstić information content (AvgIpc) is 3.50. The Kier molecular flexibility index (Phi) is 7.04. The third-order valence-electron chi connectivity index (χ3n) is 4.96. The number of carbonyl (C=O) groups is 4. The Labute approximate surface area is 207 Å². The molecular formula is C19H17N5O8S3. The van der Waals surface area contributed by atoms with Crippen LogP contribution in [0.5, 0.6) is 0 Å². The molecule has 4 N–H and O–H groups in total. The normalized spacial score (nSPS) is 21.9. The van der Waals surface area contributed by atoms with Crippen LogP contribution in [0.1, 0.15) is 16.2 Å². The van der Waals surface area contributed by atoms with Crippen molar-refractivity contribution in [3.05, 3.63) is 46.5 Å². The summed E-state index contributed by atoms with van der Waals surface area (Å²) in [5, 5.41) is 15.9. The molecule has 0 spiro atoms. The monoisotopic (exact) mass is 539 g/mol. The lowest BCUT2D eigenvalue weighted by molar-refractivity contribution is -0.150. The molecule has 2 aliphatic heterocycles. The van der Waals surface area contributed by atoms with Crippen molar-refractivity contribution in [3.63, 3.8) is 0 Å². The molecule has 2 aliphatic rings. The summed E-state index contributed by atoms with van der Waals surface area (Å²) < 4.78 is 18.0. The van der Waals surface area contributed by atoms with E-state index in [2.05, 4.69) is 20.3 Å². The molecule has 2 aromatic rings. The topological polar surface area (TPSA) is 194 Å². The van der Waals surface area contributed by atoms with E-state index in [1.807, 2.05) is 0 Å². The van der Waals surface area contributed by atoms with Crippen molar-refractivity contribution < 1.29 is 37.7 Å². The molecule has 3 atom stereocenters. The molecule has 4 heterocycles. The molecule has 35 heavy (non-hydrogen) atoms. The lowest BCUT2D eigenvalue weighted by atomic mass is 10.0. The van der Waals surface area contributed by atoms with Crippen molar-refractivity contribution in [1.82, 2.24) is 15.2 Å². The number of nitrogens with one attached hydrogen (secondary N) is 1. The van der Waals surface area contributed by atoms with Gasteiger partial charge in [-0.3, -0.25) is 23.5 Å². The minimum absolute atomic E-state index is 0.0838. The van der Waals surface area contributed by atoms with Gasteiger partial charge in [0.1, 0.15) is 29.9 Å². The number of furan rings is 1. The first-order valence-corrected chi connectivity index (χ1v) is 13.0. The highest BCUT2D eigenvalue weighted by Gasteiger charge is 2.57. The Morgan fingerprint density at radius 2 is 2.26 bits per heavy atom. The zero-order valence-corrected chi connectivity index (χ0v) is 20.3. The van der Waals surface area contributed by atoms with Gasteiger partial charge in [0, 0.05) is 11.1 Å². The Hall–Kier alpha value is -3.50. The number of nitrogens with two attached hydrogens (primary N) is 1. The number of carboxylic acid groups (broad SMARTS) is 1. The smallest absolute Gasteiger partial charge is 0.352 e. The molecule has 1 fully saturated rings. The number of aromatic nitrogens is 1. The van der Waals surface area contributed by atoms with Crippen LogP contribution in [0.15, 0.2) is 44.6 Å². The van der Waals surface area contributed by atoms with E-state index in [-0.39, 0.29) is 45.1 Å². The molecule has 16 heteroatoms. The minimum Gasteiger partial charge on any atom is -0.477 e. The molecule has 184 valence electrons. The summed E-state index contributed by atoms with van der Waals surface area (Å²) in [6.45, 7) is 0. The zero-order valence-electron chi connectivity index (χ0n) is 17.8. The number of fused-ring (bicyclic) bond motifs is 1. The van der Waals surface area contributed by atoms with Gasteiger partial charge in [0.2, 0.25) is 0 Å². The Morgan fingerprint density at radius 3 is 2.86 bits per heavy atom. The SMILES string of the molecule is CO/N=C(\C(=O)N[C@@H]1C(=O)N2C(C(=O)O)=C(CSC(=O)c3ccco3)CS(=O)[C@H]12)c1csc(N)n1. The number of aliphatic carboxylic acids is 1. The van der Waals surface area contributed by atoms with Crippen LogP contribution in [0.3, 0.4) is 0 Å². The maximum Gasteiger partial charge on any atom is 0.352 e. The molecule has 0 aliphatic carbocycles. The van der Waals surface area contributed by atoms with E-state index >= 15 is 0 Å². The summed E-state index contributed by atoms with van der Waals surface area (Å²) in [5.41, 5.74) is 5.26. The fourth-order valence-electron chi connectivity index (χ4n) is 3.48. The van der Waals surface area contributed by atoms with E-state index < -0.39 is 45.1 Å². The molecule has 2 aromatic heterocycles. The van der Waals surface area contributed by atoms with Gasteiger partial charge in [-0.1, -0.05) is 16.9 Å². The van der Waals surface area contributed by atoms with Gasteiger partial charge in [0.25, 0.3) is 16.9 Å². The van der Waals surface area contributed by atoms with E-state index in [4.69, 9.17) is 10.2 Å². The average molecular weight is 540 g/mol. The third-order valence-corrected chi connectivity index (χ3v) is 8.24. The summed E-state index contributed by atoms with van der Waals surface area (Å²) in [6, 6.07) is 1.74. The van der Waals surface area contributed by atoms with Crippen molar-refractivity contribution in [2.45, 2.75) is 11.4 Å². The fourth-order valence-corrected chi connectivity index (χ4v) is 6.65. The Morgan fingerprint density at radius 1 is 1.49 bits per heavy atom. The van der Waals surface area contributed by atoms with Crippen molar-refractivity contribution in [1.29, 1.82) is 0 Å².